The lowest BCUT2D eigenvalue weighted by Crippen LogP contribution is -2.27. The molecule has 1 aliphatic rings. The molecular formula is C14H19FN2O. The van der Waals surface area contributed by atoms with Crippen LogP contribution in [-0.2, 0) is 0 Å². The van der Waals surface area contributed by atoms with E-state index in [9.17, 15) is 9.18 Å². The Morgan fingerprint density at radius 2 is 2.00 bits per heavy atom. The van der Waals surface area contributed by atoms with Crippen LogP contribution in [0.5, 0.6) is 0 Å². The zero-order valence-corrected chi connectivity index (χ0v) is 11.2. The standard InChI is InChI=1S/C14H19FN2O/c1-13(2)10(14(13,3)4)8-17-12(18)9-5-6-16-11(15)7-9/h5-7,10H,8H2,1-4H3,(H,17,18). The highest BCUT2D eigenvalue weighted by molar-refractivity contribution is 5.94. The van der Waals surface area contributed by atoms with Crippen LogP contribution in [-0.4, -0.2) is 17.4 Å². The quantitative estimate of drug-likeness (QED) is 0.838. The molecule has 1 heterocycles. The van der Waals surface area contributed by atoms with E-state index in [1.165, 1.54) is 12.3 Å². The third-order valence-electron chi connectivity index (χ3n) is 4.78. The van der Waals surface area contributed by atoms with Crippen molar-refractivity contribution in [2.75, 3.05) is 6.54 Å². The molecule has 1 saturated carbocycles. The molecule has 0 atom stereocenters. The van der Waals surface area contributed by atoms with E-state index in [-0.39, 0.29) is 16.7 Å². The minimum absolute atomic E-state index is 0.240. The average molecular weight is 250 g/mol. The van der Waals surface area contributed by atoms with E-state index >= 15 is 0 Å². The van der Waals surface area contributed by atoms with Gasteiger partial charge in [0.15, 0.2) is 0 Å². The number of nitrogens with zero attached hydrogens (tertiary/aromatic N) is 1. The fraction of sp³-hybridized carbons (Fsp3) is 0.571. The van der Waals surface area contributed by atoms with E-state index < -0.39 is 5.95 Å². The molecule has 1 aromatic rings. The van der Waals surface area contributed by atoms with E-state index in [1.807, 2.05) is 0 Å². The number of pyridine rings is 1. The van der Waals surface area contributed by atoms with Gasteiger partial charge in [-0.15, -0.1) is 0 Å². The molecule has 0 aliphatic heterocycles. The molecular weight excluding hydrogens is 231 g/mol. The van der Waals surface area contributed by atoms with Crippen molar-refractivity contribution in [1.29, 1.82) is 0 Å². The van der Waals surface area contributed by atoms with E-state index in [1.54, 1.807) is 0 Å². The third-order valence-corrected chi connectivity index (χ3v) is 4.78. The van der Waals surface area contributed by atoms with Gasteiger partial charge >= 0.3 is 0 Å². The monoisotopic (exact) mass is 250 g/mol. The molecule has 1 fully saturated rings. The Balaban J connectivity index is 1.95. The van der Waals surface area contributed by atoms with Gasteiger partial charge in [-0.1, -0.05) is 27.7 Å². The molecule has 4 heteroatoms. The topological polar surface area (TPSA) is 42.0 Å². The van der Waals surface area contributed by atoms with Crippen molar-refractivity contribution in [2.24, 2.45) is 16.7 Å². The van der Waals surface area contributed by atoms with Gasteiger partial charge in [0.05, 0.1) is 0 Å². The zero-order chi connectivity index (χ0) is 13.6. The normalized spacial score (nSPS) is 20.5. The molecule has 18 heavy (non-hydrogen) atoms. The summed E-state index contributed by atoms with van der Waals surface area (Å²) in [5.74, 6) is -0.412. The Kier molecular flexibility index (Phi) is 2.92. The average Bonchev–Trinajstić information content (AvgIpc) is 2.66. The van der Waals surface area contributed by atoms with Crippen molar-refractivity contribution in [3.8, 4) is 0 Å². The molecule has 0 spiro atoms. The minimum Gasteiger partial charge on any atom is -0.352 e. The fourth-order valence-corrected chi connectivity index (χ4v) is 2.68. The first-order valence-electron chi connectivity index (χ1n) is 6.16. The summed E-state index contributed by atoms with van der Waals surface area (Å²) in [5.41, 5.74) is 0.798. The van der Waals surface area contributed by atoms with Crippen molar-refractivity contribution in [3.05, 3.63) is 29.8 Å². The van der Waals surface area contributed by atoms with E-state index in [4.69, 9.17) is 0 Å². The van der Waals surface area contributed by atoms with Crippen LogP contribution in [0.25, 0.3) is 0 Å². The molecule has 0 saturated heterocycles. The molecule has 1 aromatic heterocycles. The molecule has 3 nitrogen and oxygen atoms in total. The summed E-state index contributed by atoms with van der Waals surface area (Å²) < 4.78 is 12.9. The zero-order valence-electron chi connectivity index (χ0n) is 11.2. The molecule has 2 rings (SSSR count). The van der Waals surface area contributed by atoms with Crippen molar-refractivity contribution < 1.29 is 9.18 Å². The van der Waals surface area contributed by atoms with Crippen molar-refractivity contribution in [1.82, 2.24) is 10.3 Å². The van der Waals surface area contributed by atoms with E-state index in [0.717, 1.165) is 6.07 Å². The highest BCUT2D eigenvalue weighted by Crippen LogP contribution is 2.67. The SMILES string of the molecule is CC1(C)C(CNC(=O)c2ccnc(F)c2)C1(C)C. The van der Waals surface area contributed by atoms with Gasteiger partial charge in [0, 0.05) is 24.4 Å². The van der Waals surface area contributed by atoms with Crippen LogP contribution in [0.1, 0.15) is 38.1 Å². The predicted octanol–water partition coefficient (Wildman–Crippen LogP) is 2.63. The van der Waals surface area contributed by atoms with Crippen LogP contribution in [0.2, 0.25) is 0 Å². The van der Waals surface area contributed by atoms with Crippen molar-refractivity contribution in [3.63, 3.8) is 0 Å². The molecule has 1 N–H and O–H groups in total. The van der Waals surface area contributed by atoms with Crippen LogP contribution in [0.4, 0.5) is 4.39 Å². The Bertz CT molecular complexity index is 468. The summed E-state index contributed by atoms with van der Waals surface area (Å²) in [5, 5.41) is 2.87. The fourth-order valence-electron chi connectivity index (χ4n) is 2.68. The van der Waals surface area contributed by atoms with Gasteiger partial charge in [0.25, 0.3) is 5.91 Å². The summed E-state index contributed by atoms with van der Waals surface area (Å²) in [4.78, 5) is 15.3. The molecule has 1 amide bonds. The Labute approximate surface area is 107 Å². The summed E-state index contributed by atoms with van der Waals surface area (Å²) in [6.45, 7) is 9.44. The number of aromatic nitrogens is 1. The first-order valence-corrected chi connectivity index (χ1v) is 6.16. The lowest BCUT2D eigenvalue weighted by atomic mass is 10.0. The first-order chi connectivity index (χ1) is 8.26. The number of rotatable bonds is 3. The van der Waals surface area contributed by atoms with Crippen LogP contribution in [0, 0.1) is 22.7 Å². The summed E-state index contributed by atoms with van der Waals surface area (Å²) >= 11 is 0. The maximum absolute atomic E-state index is 12.9. The van der Waals surface area contributed by atoms with Gasteiger partial charge in [-0.05, 0) is 22.8 Å². The number of carbonyl (C=O) groups is 1. The Morgan fingerprint density at radius 1 is 1.39 bits per heavy atom. The third kappa shape index (κ3) is 2.00. The Hall–Kier alpha value is -1.45. The highest BCUT2D eigenvalue weighted by Gasteiger charge is 2.64. The second-order valence-corrected chi connectivity index (χ2v) is 6.07. The smallest absolute Gasteiger partial charge is 0.251 e. The van der Waals surface area contributed by atoms with Gasteiger partial charge in [0.2, 0.25) is 5.95 Å². The molecule has 0 aromatic carbocycles. The second kappa shape index (κ2) is 4.04. The van der Waals surface area contributed by atoms with Crippen molar-refractivity contribution in [2.45, 2.75) is 27.7 Å². The number of amides is 1. The predicted molar refractivity (Wildman–Crippen MR) is 67.6 cm³/mol. The molecule has 0 radical (unpaired) electrons. The highest BCUT2D eigenvalue weighted by atomic mass is 19.1. The molecule has 98 valence electrons. The molecule has 1 aliphatic carbocycles. The Morgan fingerprint density at radius 3 is 2.50 bits per heavy atom. The second-order valence-electron chi connectivity index (χ2n) is 6.07. The molecule has 0 bridgehead atoms. The van der Waals surface area contributed by atoms with Crippen LogP contribution < -0.4 is 5.32 Å². The minimum atomic E-state index is -0.630. The summed E-state index contributed by atoms with van der Waals surface area (Å²) in [6, 6.07) is 2.67. The number of carbonyl (C=O) groups excluding carboxylic acids is 1. The van der Waals surface area contributed by atoms with Crippen molar-refractivity contribution >= 4 is 5.91 Å². The summed E-state index contributed by atoms with van der Waals surface area (Å²) in [6.07, 6.45) is 1.30. The number of halogens is 1. The van der Waals surface area contributed by atoms with Gasteiger partial charge in [0.1, 0.15) is 0 Å². The maximum atomic E-state index is 12.9. The van der Waals surface area contributed by atoms with Gasteiger partial charge < -0.3 is 5.32 Å². The van der Waals surface area contributed by atoms with Gasteiger partial charge in [-0.2, -0.15) is 4.39 Å². The van der Waals surface area contributed by atoms with E-state index in [2.05, 4.69) is 38.0 Å². The largest absolute Gasteiger partial charge is 0.352 e. The summed E-state index contributed by atoms with van der Waals surface area (Å²) in [7, 11) is 0. The molecule has 0 unspecified atom stereocenters. The van der Waals surface area contributed by atoms with Gasteiger partial charge in [-0.25, -0.2) is 4.98 Å². The number of hydrogen-bond donors (Lipinski definition) is 1. The lowest BCUT2D eigenvalue weighted by molar-refractivity contribution is 0.0949. The lowest BCUT2D eigenvalue weighted by Gasteiger charge is -2.06. The van der Waals surface area contributed by atoms with E-state index in [0.29, 0.717) is 18.0 Å². The van der Waals surface area contributed by atoms with Crippen LogP contribution in [0.3, 0.4) is 0 Å². The number of hydrogen-bond acceptors (Lipinski definition) is 2. The van der Waals surface area contributed by atoms with Gasteiger partial charge in [-0.3, -0.25) is 4.79 Å². The first kappa shape index (κ1) is 13.0. The number of nitrogens with one attached hydrogen (secondary N) is 1. The maximum Gasteiger partial charge on any atom is 0.251 e. The van der Waals surface area contributed by atoms with Crippen LogP contribution >= 0.6 is 0 Å². The van der Waals surface area contributed by atoms with Crippen LogP contribution in [0.15, 0.2) is 18.3 Å².